The van der Waals surface area contributed by atoms with Crippen LogP contribution in [-0.2, 0) is 15.5 Å². The normalized spacial score (nSPS) is 12.6. The van der Waals surface area contributed by atoms with Crippen LogP contribution in [0.15, 0.2) is 60.7 Å². The first-order valence-electron chi connectivity index (χ1n) is 7.04. The zero-order valence-electron chi connectivity index (χ0n) is 12.3. The Labute approximate surface area is 134 Å². The van der Waals surface area contributed by atoms with Crippen LogP contribution in [0.5, 0.6) is 0 Å². The molecule has 0 saturated heterocycles. The van der Waals surface area contributed by atoms with Gasteiger partial charge in [-0.2, -0.15) is 0 Å². The third kappa shape index (κ3) is 6.34. The number of rotatable bonds is 7. The maximum atomic E-state index is 12.2. The molecule has 2 rings (SSSR count). The Morgan fingerprint density at radius 3 is 2.17 bits per heavy atom. The molecule has 23 heavy (non-hydrogen) atoms. The van der Waals surface area contributed by atoms with Gasteiger partial charge in [-0.3, -0.25) is 9.32 Å². The molecule has 0 fully saturated rings. The number of carbonyl (C=O) groups excluding carboxylic acids is 1. The molecule has 0 unspecified atom stereocenters. The second-order valence-corrected chi connectivity index (χ2v) is 6.25. The molecule has 0 heterocycles. The van der Waals surface area contributed by atoms with E-state index in [1.54, 1.807) is 30.3 Å². The summed E-state index contributed by atoms with van der Waals surface area (Å²) in [7, 11) is -4.59. The van der Waals surface area contributed by atoms with Crippen LogP contribution in [-0.4, -0.2) is 28.3 Å². The van der Waals surface area contributed by atoms with Gasteiger partial charge in [0.1, 0.15) is 0 Å². The van der Waals surface area contributed by atoms with E-state index in [4.69, 9.17) is 9.79 Å². The lowest BCUT2D eigenvalue weighted by Crippen LogP contribution is -2.39. The van der Waals surface area contributed by atoms with E-state index < -0.39 is 13.9 Å². The maximum Gasteiger partial charge on any atom is 0.469 e. The van der Waals surface area contributed by atoms with Crippen LogP contribution in [0.3, 0.4) is 0 Å². The number of hydrogen-bond donors (Lipinski definition) is 3. The van der Waals surface area contributed by atoms with Crippen LogP contribution in [0, 0.1) is 0 Å². The zero-order chi connectivity index (χ0) is 16.7. The van der Waals surface area contributed by atoms with Gasteiger partial charge < -0.3 is 15.1 Å². The van der Waals surface area contributed by atoms with Gasteiger partial charge in [-0.1, -0.05) is 48.5 Å². The Balaban J connectivity index is 2.06. The number of amides is 1. The Hall–Kier alpha value is -1.98. The molecule has 6 nitrogen and oxygen atoms in total. The zero-order valence-corrected chi connectivity index (χ0v) is 13.2. The van der Waals surface area contributed by atoms with Crippen molar-refractivity contribution in [3.63, 3.8) is 0 Å². The van der Waals surface area contributed by atoms with Crippen LogP contribution in [0.1, 0.15) is 15.9 Å². The predicted octanol–water partition coefficient (Wildman–Crippen LogP) is 2.14. The smallest absolute Gasteiger partial charge is 0.347 e. The molecule has 7 heteroatoms. The van der Waals surface area contributed by atoms with E-state index >= 15 is 0 Å². The number of phosphoric acid groups is 1. The largest absolute Gasteiger partial charge is 0.469 e. The van der Waals surface area contributed by atoms with Gasteiger partial charge in [0.05, 0.1) is 12.6 Å². The average molecular weight is 335 g/mol. The summed E-state index contributed by atoms with van der Waals surface area (Å²) in [6, 6.07) is 17.4. The van der Waals surface area contributed by atoms with Crippen molar-refractivity contribution in [3.8, 4) is 0 Å². The minimum absolute atomic E-state index is 0.280. The minimum atomic E-state index is -4.59. The molecule has 1 atom stereocenters. The summed E-state index contributed by atoms with van der Waals surface area (Å²) in [5.41, 5.74) is 1.40. The first-order chi connectivity index (χ1) is 10.9. The summed E-state index contributed by atoms with van der Waals surface area (Å²) in [6.07, 6.45) is 0.402. The van der Waals surface area contributed by atoms with Gasteiger partial charge in [-0.25, -0.2) is 4.57 Å². The fourth-order valence-corrected chi connectivity index (χ4v) is 2.47. The Morgan fingerprint density at radius 2 is 1.61 bits per heavy atom. The van der Waals surface area contributed by atoms with E-state index in [0.29, 0.717) is 12.0 Å². The van der Waals surface area contributed by atoms with E-state index in [-0.39, 0.29) is 12.5 Å². The van der Waals surface area contributed by atoms with E-state index in [1.165, 1.54) is 0 Å². The lowest BCUT2D eigenvalue weighted by molar-refractivity contribution is 0.0909. The molecule has 0 aliphatic rings. The molecular weight excluding hydrogens is 317 g/mol. The van der Waals surface area contributed by atoms with Crippen molar-refractivity contribution < 1.29 is 23.7 Å². The van der Waals surface area contributed by atoms with Crippen molar-refractivity contribution in [2.75, 3.05) is 6.61 Å². The Morgan fingerprint density at radius 1 is 1.04 bits per heavy atom. The van der Waals surface area contributed by atoms with Gasteiger partial charge in [-0.15, -0.1) is 0 Å². The van der Waals surface area contributed by atoms with Crippen LogP contribution in [0.25, 0.3) is 0 Å². The molecule has 0 radical (unpaired) electrons. The second-order valence-electron chi connectivity index (χ2n) is 5.01. The molecule has 0 spiro atoms. The lowest BCUT2D eigenvalue weighted by Gasteiger charge is -2.19. The minimum Gasteiger partial charge on any atom is -0.347 e. The van der Waals surface area contributed by atoms with E-state index in [9.17, 15) is 9.36 Å². The van der Waals surface area contributed by atoms with Crippen LogP contribution in [0.2, 0.25) is 0 Å². The topological polar surface area (TPSA) is 95.9 Å². The van der Waals surface area contributed by atoms with Crippen LogP contribution in [0.4, 0.5) is 0 Å². The summed E-state index contributed by atoms with van der Waals surface area (Å²) in [6.45, 7) is -0.280. The van der Waals surface area contributed by atoms with Crippen LogP contribution >= 0.6 is 7.82 Å². The first-order valence-corrected chi connectivity index (χ1v) is 8.57. The van der Waals surface area contributed by atoms with E-state index in [2.05, 4.69) is 9.84 Å². The summed E-state index contributed by atoms with van der Waals surface area (Å²) in [4.78, 5) is 29.9. The number of benzene rings is 2. The molecule has 3 N–H and O–H groups in total. The Kier molecular flexibility index (Phi) is 6.07. The highest BCUT2D eigenvalue weighted by molar-refractivity contribution is 7.46. The molecular formula is C16H18NO5P. The standard InChI is InChI=1S/C16H18NO5P/c18-16(14-9-5-2-6-10-14)17-15(12-22-23(19,20)21)11-13-7-3-1-4-8-13/h1-10,15H,11-12H2,(H,17,18)(H2,19,20,21)/t15-/m1/s1. The Bertz CT molecular complexity index is 671. The molecule has 0 aliphatic carbocycles. The highest BCUT2D eigenvalue weighted by Crippen LogP contribution is 2.35. The average Bonchev–Trinajstić information content (AvgIpc) is 2.54. The predicted molar refractivity (Wildman–Crippen MR) is 85.8 cm³/mol. The number of carbonyl (C=O) groups is 1. The monoisotopic (exact) mass is 335 g/mol. The van der Waals surface area contributed by atoms with Crippen molar-refractivity contribution in [2.45, 2.75) is 12.5 Å². The molecule has 0 bridgehead atoms. The third-order valence-corrected chi connectivity index (χ3v) is 3.63. The molecule has 1 amide bonds. The van der Waals surface area contributed by atoms with Gasteiger partial charge in [0.25, 0.3) is 5.91 Å². The summed E-state index contributed by atoms with van der Waals surface area (Å²) in [5.74, 6) is -0.319. The van der Waals surface area contributed by atoms with E-state index in [1.807, 2.05) is 30.3 Å². The summed E-state index contributed by atoms with van der Waals surface area (Å²) in [5, 5.41) is 2.75. The fourth-order valence-electron chi connectivity index (χ4n) is 2.10. The number of hydrogen-bond acceptors (Lipinski definition) is 3. The van der Waals surface area contributed by atoms with Crippen molar-refractivity contribution in [2.24, 2.45) is 0 Å². The molecule has 2 aromatic carbocycles. The number of nitrogens with one attached hydrogen (secondary N) is 1. The molecule has 0 aliphatic heterocycles. The SMILES string of the molecule is O=C(N[C@@H](COP(=O)(O)O)Cc1ccccc1)c1ccccc1. The van der Waals surface area contributed by atoms with Gasteiger partial charge in [-0.05, 0) is 24.1 Å². The quantitative estimate of drug-likeness (QED) is 0.674. The summed E-state index contributed by atoms with van der Waals surface area (Å²) >= 11 is 0. The van der Waals surface area contributed by atoms with Gasteiger partial charge in [0.15, 0.2) is 0 Å². The molecule has 122 valence electrons. The highest BCUT2D eigenvalue weighted by Gasteiger charge is 2.20. The molecule has 0 saturated carbocycles. The highest BCUT2D eigenvalue weighted by atomic mass is 31.2. The molecule has 0 aromatic heterocycles. The number of phosphoric ester groups is 1. The molecule has 2 aromatic rings. The third-order valence-electron chi connectivity index (χ3n) is 3.14. The van der Waals surface area contributed by atoms with Crippen molar-refractivity contribution in [1.29, 1.82) is 0 Å². The van der Waals surface area contributed by atoms with Gasteiger partial charge >= 0.3 is 7.82 Å². The van der Waals surface area contributed by atoms with E-state index in [0.717, 1.165) is 5.56 Å². The van der Waals surface area contributed by atoms with Gasteiger partial charge in [0, 0.05) is 5.56 Å². The van der Waals surface area contributed by atoms with Crippen molar-refractivity contribution in [1.82, 2.24) is 5.32 Å². The van der Waals surface area contributed by atoms with Crippen molar-refractivity contribution in [3.05, 3.63) is 71.8 Å². The summed E-state index contributed by atoms with van der Waals surface area (Å²) < 4.78 is 15.5. The first kappa shape index (κ1) is 17.4. The van der Waals surface area contributed by atoms with Crippen LogP contribution < -0.4 is 5.32 Å². The van der Waals surface area contributed by atoms with Gasteiger partial charge in [0.2, 0.25) is 0 Å². The lowest BCUT2D eigenvalue weighted by atomic mass is 10.1. The maximum absolute atomic E-state index is 12.2. The van der Waals surface area contributed by atoms with Crippen molar-refractivity contribution >= 4 is 13.7 Å². The second kappa shape index (κ2) is 8.04. The fraction of sp³-hybridized carbons (Fsp3) is 0.188.